The molecule has 27 heavy (non-hydrogen) atoms. The quantitative estimate of drug-likeness (QED) is 0.802. The second-order valence-corrected chi connectivity index (χ2v) is 7.24. The van der Waals surface area contributed by atoms with Crippen LogP contribution in [0.4, 0.5) is 11.4 Å². The summed E-state index contributed by atoms with van der Waals surface area (Å²) in [7, 11) is 0. The molecule has 1 aliphatic rings. The van der Waals surface area contributed by atoms with Crippen molar-refractivity contribution in [3.63, 3.8) is 0 Å². The summed E-state index contributed by atoms with van der Waals surface area (Å²) >= 11 is 1.44. The number of nitrogens with zero attached hydrogens (tertiary/aromatic N) is 1. The Labute approximate surface area is 161 Å². The van der Waals surface area contributed by atoms with Gasteiger partial charge in [0.2, 0.25) is 5.91 Å². The summed E-state index contributed by atoms with van der Waals surface area (Å²) in [6, 6.07) is 14.7. The van der Waals surface area contributed by atoms with Crippen molar-refractivity contribution in [1.82, 2.24) is 0 Å². The molecule has 6 nitrogen and oxygen atoms in total. The molecule has 0 spiro atoms. The minimum Gasteiger partial charge on any atom is -0.451 e. The lowest BCUT2D eigenvalue weighted by Gasteiger charge is -2.28. The Balaban J connectivity index is 1.59. The smallest absolute Gasteiger partial charge is 0.326 e. The van der Waals surface area contributed by atoms with Gasteiger partial charge >= 0.3 is 5.97 Å². The van der Waals surface area contributed by atoms with E-state index >= 15 is 0 Å². The highest BCUT2D eigenvalue weighted by Gasteiger charge is 2.28. The SMILES string of the molecule is Cc1ccc(NC(=O)[C@@H](C)OC(=O)CN2C(=O)CSc3ccccc32)cc1. The molecular formula is C20H20N2O4S. The molecule has 0 aliphatic carbocycles. The van der Waals surface area contributed by atoms with Crippen LogP contribution in [0.3, 0.4) is 0 Å². The van der Waals surface area contributed by atoms with Crippen LogP contribution in [0.2, 0.25) is 0 Å². The number of nitrogens with one attached hydrogen (secondary N) is 1. The second-order valence-electron chi connectivity index (χ2n) is 6.22. The molecule has 0 radical (unpaired) electrons. The summed E-state index contributed by atoms with van der Waals surface area (Å²) < 4.78 is 5.22. The molecule has 0 fully saturated rings. The van der Waals surface area contributed by atoms with Crippen LogP contribution >= 0.6 is 11.8 Å². The fourth-order valence-corrected chi connectivity index (χ4v) is 3.56. The second kappa shape index (κ2) is 8.26. The van der Waals surface area contributed by atoms with Gasteiger partial charge in [-0.05, 0) is 38.1 Å². The van der Waals surface area contributed by atoms with E-state index in [2.05, 4.69) is 5.32 Å². The number of anilines is 2. The molecule has 0 unspecified atom stereocenters. The van der Waals surface area contributed by atoms with E-state index in [1.165, 1.54) is 23.6 Å². The number of carbonyl (C=O) groups excluding carboxylic acids is 3. The summed E-state index contributed by atoms with van der Waals surface area (Å²) in [5, 5.41) is 2.70. The fourth-order valence-electron chi connectivity index (χ4n) is 2.63. The van der Waals surface area contributed by atoms with Gasteiger partial charge in [0.05, 0.1) is 11.4 Å². The number of benzene rings is 2. The zero-order valence-corrected chi connectivity index (χ0v) is 15.9. The van der Waals surface area contributed by atoms with Crippen LogP contribution in [0.5, 0.6) is 0 Å². The van der Waals surface area contributed by atoms with E-state index in [0.717, 1.165) is 10.5 Å². The lowest BCUT2D eigenvalue weighted by molar-refractivity contribution is -0.152. The van der Waals surface area contributed by atoms with Gasteiger partial charge in [0.25, 0.3) is 5.91 Å². The summed E-state index contributed by atoms with van der Waals surface area (Å²) in [5.41, 5.74) is 2.40. The lowest BCUT2D eigenvalue weighted by atomic mass is 10.2. The van der Waals surface area contributed by atoms with Gasteiger partial charge in [0, 0.05) is 10.6 Å². The highest BCUT2D eigenvalue weighted by molar-refractivity contribution is 8.00. The monoisotopic (exact) mass is 384 g/mol. The van der Waals surface area contributed by atoms with Gasteiger partial charge in [-0.25, -0.2) is 0 Å². The van der Waals surface area contributed by atoms with E-state index in [0.29, 0.717) is 11.4 Å². The van der Waals surface area contributed by atoms with Gasteiger partial charge in [0.15, 0.2) is 6.10 Å². The third-order valence-electron chi connectivity index (χ3n) is 4.09. The van der Waals surface area contributed by atoms with Crippen molar-refractivity contribution in [3.8, 4) is 0 Å². The first-order valence-electron chi connectivity index (χ1n) is 8.53. The Hall–Kier alpha value is -2.80. The van der Waals surface area contributed by atoms with Crippen LogP contribution in [-0.4, -0.2) is 36.2 Å². The molecule has 1 N–H and O–H groups in total. The van der Waals surface area contributed by atoms with E-state index in [1.807, 2.05) is 37.3 Å². The van der Waals surface area contributed by atoms with Crippen LogP contribution in [0.25, 0.3) is 0 Å². The third kappa shape index (κ3) is 4.68. The van der Waals surface area contributed by atoms with Crippen LogP contribution in [0.1, 0.15) is 12.5 Å². The summed E-state index contributed by atoms with van der Waals surface area (Å²) in [6.45, 7) is 3.23. The number of carbonyl (C=O) groups is 3. The minimum absolute atomic E-state index is 0.160. The Morgan fingerprint density at radius 1 is 1.19 bits per heavy atom. The first-order valence-corrected chi connectivity index (χ1v) is 9.52. The molecule has 3 rings (SSSR count). The minimum atomic E-state index is -0.969. The highest BCUT2D eigenvalue weighted by atomic mass is 32.2. The van der Waals surface area contributed by atoms with E-state index in [9.17, 15) is 14.4 Å². The summed E-state index contributed by atoms with van der Waals surface area (Å²) in [6.07, 6.45) is -0.969. The van der Waals surface area contributed by atoms with Crippen molar-refractivity contribution in [1.29, 1.82) is 0 Å². The number of rotatable bonds is 5. The van der Waals surface area contributed by atoms with Crippen LogP contribution < -0.4 is 10.2 Å². The number of hydrogen-bond acceptors (Lipinski definition) is 5. The molecule has 1 atom stereocenters. The van der Waals surface area contributed by atoms with Crippen molar-refractivity contribution < 1.29 is 19.1 Å². The van der Waals surface area contributed by atoms with Gasteiger partial charge in [-0.15, -0.1) is 11.8 Å². The topological polar surface area (TPSA) is 75.7 Å². The molecular weight excluding hydrogens is 364 g/mol. The number of hydrogen-bond donors (Lipinski definition) is 1. The average Bonchev–Trinajstić information content (AvgIpc) is 2.66. The number of aryl methyl sites for hydroxylation is 1. The number of fused-ring (bicyclic) bond motifs is 1. The maximum Gasteiger partial charge on any atom is 0.326 e. The van der Waals surface area contributed by atoms with Crippen molar-refractivity contribution >= 4 is 40.9 Å². The fraction of sp³-hybridized carbons (Fsp3) is 0.250. The molecule has 2 aromatic rings. The maximum absolute atomic E-state index is 12.3. The third-order valence-corrected chi connectivity index (χ3v) is 5.14. The average molecular weight is 384 g/mol. The van der Waals surface area contributed by atoms with Gasteiger partial charge in [-0.2, -0.15) is 0 Å². The standard InChI is InChI=1S/C20H20N2O4S/c1-13-7-9-15(10-8-13)21-20(25)14(2)26-19(24)11-22-16-5-3-4-6-17(16)27-12-18(22)23/h3-10,14H,11-12H2,1-2H3,(H,21,25)/t14-/m1/s1. The van der Waals surface area contributed by atoms with Gasteiger partial charge in [-0.1, -0.05) is 29.8 Å². The highest BCUT2D eigenvalue weighted by Crippen LogP contribution is 2.34. The van der Waals surface area contributed by atoms with Crippen molar-refractivity contribution in [2.24, 2.45) is 0 Å². The molecule has 2 aromatic carbocycles. The number of amides is 2. The van der Waals surface area contributed by atoms with Crippen LogP contribution in [-0.2, 0) is 19.1 Å². The molecule has 0 saturated carbocycles. The maximum atomic E-state index is 12.3. The molecule has 7 heteroatoms. The largest absolute Gasteiger partial charge is 0.451 e. The summed E-state index contributed by atoms with van der Waals surface area (Å²) in [5.74, 6) is -0.939. The number of ether oxygens (including phenoxy) is 1. The molecule has 0 aromatic heterocycles. The first-order chi connectivity index (χ1) is 12.9. The number of thioether (sulfide) groups is 1. The normalized spacial score (nSPS) is 14.3. The zero-order chi connectivity index (χ0) is 19.4. The van der Waals surface area contributed by atoms with Crippen LogP contribution in [0, 0.1) is 6.92 Å². The first kappa shape index (κ1) is 19.0. The predicted molar refractivity (Wildman–Crippen MR) is 105 cm³/mol. The van der Waals surface area contributed by atoms with E-state index in [-0.39, 0.29) is 18.2 Å². The van der Waals surface area contributed by atoms with Crippen molar-refractivity contribution in [2.45, 2.75) is 24.8 Å². The Morgan fingerprint density at radius 2 is 1.89 bits per heavy atom. The van der Waals surface area contributed by atoms with E-state index < -0.39 is 18.0 Å². The molecule has 0 bridgehead atoms. The van der Waals surface area contributed by atoms with Crippen LogP contribution in [0.15, 0.2) is 53.4 Å². The number of para-hydroxylation sites is 1. The molecule has 1 heterocycles. The molecule has 1 aliphatic heterocycles. The van der Waals surface area contributed by atoms with Gasteiger partial charge < -0.3 is 10.1 Å². The zero-order valence-electron chi connectivity index (χ0n) is 15.1. The number of esters is 1. The van der Waals surface area contributed by atoms with Gasteiger partial charge in [0.1, 0.15) is 6.54 Å². The molecule has 140 valence electrons. The van der Waals surface area contributed by atoms with E-state index in [1.54, 1.807) is 18.2 Å². The lowest BCUT2D eigenvalue weighted by Crippen LogP contribution is -2.41. The van der Waals surface area contributed by atoms with Crippen molar-refractivity contribution in [2.75, 3.05) is 22.5 Å². The predicted octanol–water partition coefficient (Wildman–Crippen LogP) is 3.00. The molecule has 0 saturated heterocycles. The Morgan fingerprint density at radius 3 is 2.63 bits per heavy atom. The van der Waals surface area contributed by atoms with Crippen molar-refractivity contribution in [3.05, 3.63) is 54.1 Å². The Bertz CT molecular complexity index is 867. The van der Waals surface area contributed by atoms with Gasteiger partial charge in [-0.3, -0.25) is 19.3 Å². The van der Waals surface area contributed by atoms with E-state index in [4.69, 9.17) is 4.74 Å². The molecule has 2 amide bonds. The summed E-state index contributed by atoms with van der Waals surface area (Å²) in [4.78, 5) is 39.0. The Kier molecular flexibility index (Phi) is 5.81.